The van der Waals surface area contributed by atoms with Gasteiger partial charge in [-0.1, -0.05) is 72.6 Å². The second-order valence-electron chi connectivity index (χ2n) is 10.8. The van der Waals surface area contributed by atoms with E-state index in [-0.39, 0.29) is 17.3 Å². The van der Waals surface area contributed by atoms with Crippen molar-refractivity contribution >= 4 is 27.5 Å². The van der Waals surface area contributed by atoms with E-state index in [1.54, 1.807) is 30.3 Å². The Labute approximate surface area is 232 Å². The number of carbonyl (C=O) groups excluding carboxylic acids is 2. The van der Waals surface area contributed by atoms with Crippen LogP contribution in [0.15, 0.2) is 83.8 Å². The molecule has 1 N–H and O–H groups in total. The fourth-order valence-electron chi connectivity index (χ4n) is 4.22. The van der Waals surface area contributed by atoms with Gasteiger partial charge in [0.15, 0.2) is 0 Å². The first-order chi connectivity index (χ1) is 18.3. The van der Waals surface area contributed by atoms with Crippen LogP contribution < -0.4 is 9.62 Å². The summed E-state index contributed by atoms with van der Waals surface area (Å²) in [6.45, 7) is 11.1. The van der Waals surface area contributed by atoms with E-state index in [0.717, 1.165) is 21.0 Å². The van der Waals surface area contributed by atoms with Crippen molar-refractivity contribution in [1.29, 1.82) is 0 Å². The Morgan fingerprint density at radius 2 is 1.38 bits per heavy atom. The number of nitrogens with one attached hydrogen (secondary N) is 1. The van der Waals surface area contributed by atoms with Crippen LogP contribution in [-0.2, 0) is 26.2 Å². The second kappa shape index (κ2) is 12.5. The third kappa shape index (κ3) is 7.93. The molecule has 1 atom stereocenters. The maximum atomic E-state index is 14.1. The Kier molecular flexibility index (Phi) is 9.56. The number of hydrogen-bond donors (Lipinski definition) is 1. The van der Waals surface area contributed by atoms with Crippen molar-refractivity contribution in [3.05, 3.63) is 95.6 Å². The van der Waals surface area contributed by atoms with E-state index in [0.29, 0.717) is 12.1 Å². The van der Waals surface area contributed by atoms with Crippen LogP contribution in [0.4, 0.5) is 5.69 Å². The molecule has 0 saturated carbocycles. The normalized spacial score (nSPS) is 12.5. The van der Waals surface area contributed by atoms with E-state index >= 15 is 0 Å². The summed E-state index contributed by atoms with van der Waals surface area (Å²) in [5.41, 5.74) is 2.78. The molecule has 8 heteroatoms. The van der Waals surface area contributed by atoms with Crippen molar-refractivity contribution in [3.63, 3.8) is 0 Å². The molecule has 0 aliphatic carbocycles. The number of anilines is 1. The fourth-order valence-corrected chi connectivity index (χ4v) is 5.66. The first kappa shape index (κ1) is 29.9. The summed E-state index contributed by atoms with van der Waals surface area (Å²) < 4.78 is 28.7. The van der Waals surface area contributed by atoms with Crippen LogP contribution in [0.5, 0.6) is 0 Å². The van der Waals surface area contributed by atoms with E-state index in [9.17, 15) is 18.0 Å². The Balaban J connectivity index is 2.05. The van der Waals surface area contributed by atoms with Crippen LogP contribution in [-0.4, -0.2) is 43.3 Å². The molecule has 0 fully saturated rings. The van der Waals surface area contributed by atoms with Gasteiger partial charge in [0.1, 0.15) is 12.6 Å². The largest absolute Gasteiger partial charge is 0.350 e. The number of sulfonamides is 1. The zero-order valence-corrected chi connectivity index (χ0v) is 24.5. The Morgan fingerprint density at radius 1 is 0.846 bits per heavy atom. The molecule has 0 saturated heterocycles. The van der Waals surface area contributed by atoms with Gasteiger partial charge in [0.05, 0.1) is 10.6 Å². The molecule has 0 spiro atoms. The summed E-state index contributed by atoms with van der Waals surface area (Å²) in [4.78, 5) is 29.0. The van der Waals surface area contributed by atoms with Gasteiger partial charge < -0.3 is 10.2 Å². The number of rotatable bonds is 10. The fraction of sp³-hybridized carbons (Fsp3) is 0.355. The van der Waals surface area contributed by atoms with Crippen LogP contribution >= 0.6 is 0 Å². The maximum Gasteiger partial charge on any atom is 0.264 e. The molecular weight excluding hydrogens is 510 g/mol. The van der Waals surface area contributed by atoms with Crippen molar-refractivity contribution in [2.24, 2.45) is 0 Å². The van der Waals surface area contributed by atoms with Gasteiger partial charge in [-0.2, -0.15) is 0 Å². The molecule has 0 aliphatic rings. The lowest BCUT2D eigenvalue weighted by atomic mass is 10.1. The molecule has 3 aromatic rings. The van der Waals surface area contributed by atoms with Crippen LogP contribution in [0.25, 0.3) is 0 Å². The topological polar surface area (TPSA) is 86.8 Å². The molecule has 39 heavy (non-hydrogen) atoms. The summed E-state index contributed by atoms with van der Waals surface area (Å²) >= 11 is 0. The van der Waals surface area contributed by atoms with E-state index in [1.807, 2.05) is 77.9 Å². The van der Waals surface area contributed by atoms with Crippen molar-refractivity contribution in [1.82, 2.24) is 10.2 Å². The standard InChI is InChI=1S/C31H39N3O4S/c1-7-28(30(36)32-31(4,5)6)33(21-25-17-13-23(2)14-18-25)29(35)22-34(26-19-15-24(3)16-20-26)39(37,38)27-11-9-8-10-12-27/h8-20,28H,7,21-22H2,1-6H3,(H,32,36)/t28-/m1/s1. The van der Waals surface area contributed by atoms with Crippen LogP contribution in [0.3, 0.4) is 0 Å². The lowest BCUT2D eigenvalue weighted by Gasteiger charge is -2.34. The van der Waals surface area contributed by atoms with E-state index in [2.05, 4.69) is 5.32 Å². The SMILES string of the molecule is CC[C@H](C(=O)NC(C)(C)C)N(Cc1ccc(C)cc1)C(=O)CN(c1ccc(C)cc1)S(=O)(=O)c1ccccc1. The Hall–Kier alpha value is -3.65. The predicted octanol–water partition coefficient (Wildman–Crippen LogP) is 5.22. The van der Waals surface area contributed by atoms with E-state index in [1.165, 1.54) is 17.0 Å². The zero-order chi connectivity index (χ0) is 28.8. The third-order valence-electron chi connectivity index (χ3n) is 6.29. The minimum atomic E-state index is -4.07. The van der Waals surface area contributed by atoms with Crippen LogP contribution in [0, 0.1) is 13.8 Å². The molecule has 0 aliphatic heterocycles. The highest BCUT2D eigenvalue weighted by atomic mass is 32.2. The monoisotopic (exact) mass is 549 g/mol. The number of nitrogens with zero attached hydrogens (tertiary/aromatic N) is 2. The van der Waals surface area contributed by atoms with Gasteiger partial charge in [-0.05, 0) is 70.9 Å². The van der Waals surface area contributed by atoms with Gasteiger partial charge in [-0.25, -0.2) is 8.42 Å². The van der Waals surface area contributed by atoms with E-state index in [4.69, 9.17) is 0 Å². The minimum absolute atomic E-state index is 0.0842. The first-order valence-corrected chi connectivity index (χ1v) is 14.6. The van der Waals surface area contributed by atoms with Gasteiger partial charge >= 0.3 is 0 Å². The van der Waals surface area contributed by atoms with Gasteiger partial charge in [0.2, 0.25) is 11.8 Å². The van der Waals surface area contributed by atoms with Crippen molar-refractivity contribution in [3.8, 4) is 0 Å². The van der Waals surface area contributed by atoms with Crippen molar-refractivity contribution in [2.75, 3.05) is 10.8 Å². The summed E-state index contributed by atoms with van der Waals surface area (Å²) in [5, 5.41) is 2.98. The highest BCUT2D eigenvalue weighted by Gasteiger charge is 2.34. The zero-order valence-electron chi connectivity index (χ0n) is 23.6. The van der Waals surface area contributed by atoms with E-state index < -0.39 is 34.1 Å². The van der Waals surface area contributed by atoms with Crippen LogP contribution in [0.2, 0.25) is 0 Å². The molecule has 0 radical (unpaired) electrons. The second-order valence-corrected chi connectivity index (χ2v) is 12.7. The highest BCUT2D eigenvalue weighted by molar-refractivity contribution is 7.92. The molecule has 0 bridgehead atoms. The first-order valence-electron chi connectivity index (χ1n) is 13.1. The Bertz CT molecular complexity index is 1360. The lowest BCUT2D eigenvalue weighted by Crippen LogP contribution is -2.55. The van der Waals surface area contributed by atoms with Gasteiger partial charge in [0, 0.05) is 12.1 Å². The molecule has 0 heterocycles. The number of benzene rings is 3. The van der Waals surface area contributed by atoms with Gasteiger partial charge in [-0.3, -0.25) is 13.9 Å². The third-order valence-corrected chi connectivity index (χ3v) is 8.08. The van der Waals surface area contributed by atoms with Crippen molar-refractivity contribution in [2.45, 2.75) is 71.0 Å². The molecule has 2 amide bonds. The Morgan fingerprint density at radius 3 is 1.90 bits per heavy atom. The molecule has 208 valence electrons. The lowest BCUT2D eigenvalue weighted by molar-refractivity contribution is -0.141. The quantitative estimate of drug-likeness (QED) is 0.376. The highest BCUT2D eigenvalue weighted by Crippen LogP contribution is 2.25. The summed E-state index contributed by atoms with van der Waals surface area (Å²) in [5.74, 6) is -0.746. The predicted molar refractivity (Wildman–Crippen MR) is 156 cm³/mol. The summed E-state index contributed by atoms with van der Waals surface area (Å²) in [6.07, 6.45) is 0.371. The summed E-state index contributed by atoms with van der Waals surface area (Å²) in [7, 11) is -4.07. The van der Waals surface area contributed by atoms with Gasteiger partial charge in [-0.15, -0.1) is 0 Å². The maximum absolute atomic E-state index is 14.1. The molecule has 0 unspecified atom stereocenters. The van der Waals surface area contributed by atoms with Gasteiger partial charge in [0.25, 0.3) is 10.0 Å². The smallest absolute Gasteiger partial charge is 0.264 e. The molecule has 7 nitrogen and oxygen atoms in total. The van der Waals surface area contributed by atoms with Crippen molar-refractivity contribution < 1.29 is 18.0 Å². The average molecular weight is 550 g/mol. The number of carbonyl (C=O) groups is 2. The molecule has 3 aromatic carbocycles. The average Bonchev–Trinajstić information content (AvgIpc) is 2.88. The molecule has 3 rings (SSSR count). The number of amides is 2. The summed E-state index contributed by atoms with van der Waals surface area (Å²) in [6, 6.07) is 22.0. The molecular formula is C31H39N3O4S. The molecule has 0 aromatic heterocycles. The van der Waals surface area contributed by atoms with Crippen LogP contribution in [0.1, 0.15) is 50.8 Å². The number of aryl methyl sites for hydroxylation is 2. The minimum Gasteiger partial charge on any atom is -0.350 e. The number of hydrogen-bond acceptors (Lipinski definition) is 4.